The first kappa shape index (κ1) is 8.99. The van der Waals surface area contributed by atoms with Crippen molar-refractivity contribution in [2.24, 2.45) is 0 Å². The van der Waals surface area contributed by atoms with E-state index in [4.69, 9.17) is 9.84 Å². The summed E-state index contributed by atoms with van der Waals surface area (Å²) in [4.78, 5) is 22.7. The predicted octanol–water partition coefficient (Wildman–Crippen LogP) is -0.336. The highest BCUT2D eigenvalue weighted by molar-refractivity contribution is 5.83. The standard InChI is InChI=1S/C7H11NO4/c1-4-6(7(10)11)8(3-12-4)5(2)9/h4,6H,3H2,1-2H3,(H,10,11)/t4-,6?/m0/s1. The Bertz CT molecular complexity index is 215. The number of carbonyl (C=O) groups excluding carboxylic acids is 1. The lowest BCUT2D eigenvalue weighted by molar-refractivity contribution is -0.147. The van der Waals surface area contributed by atoms with Crippen LogP contribution in [0.2, 0.25) is 0 Å². The Kier molecular flexibility index (Phi) is 2.32. The molecule has 1 aliphatic heterocycles. The molecule has 1 rings (SSSR count). The maximum Gasteiger partial charge on any atom is 0.329 e. The molecule has 12 heavy (non-hydrogen) atoms. The van der Waals surface area contributed by atoms with Gasteiger partial charge in [0.05, 0.1) is 6.10 Å². The second-order valence-corrected chi connectivity index (χ2v) is 2.77. The molecule has 0 saturated carbocycles. The van der Waals surface area contributed by atoms with Gasteiger partial charge in [-0.05, 0) is 6.92 Å². The van der Waals surface area contributed by atoms with Crippen LogP contribution in [0.3, 0.4) is 0 Å². The van der Waals surface area contributed by atoms with E-state index in [1.54, 1.807) is 6.92 Å². The van der Waals surface area contributed by atoms with Crippen molar-refractivity contribution >= 4 is 11.9 Å². The Labute approximate surface area is 69.9 Å². The zero-order chi connectivity index (χ0) is 9.30. The Morgan fingerprint density at radius 1 is 1.58 bits per heavy atom. The first-order chi connectivity index (χ1) is 5.54. The van der Waals surface area contributed by atoms with E-state index in [0.29, 0.717) is 0 Å². The fourth-order valence-corrected chi connectivity index (χ4v) is 1.24. The van der Waals surface area contributed by atoms with Crippen molar-refractivity contribution in [1.29, 1.82) is 0 Å². The summed E-state index contributed by atoms with van der Waals surface area (Å²) in [6.07, 6.45) is -0.425. The van der Waals surface area contributed by atoms with E-state index >= 15 is 0 Å². The number of carboxylic acid groups (broad SMARTS) is 1. The van der Waals surface area contributed by atoms with E-state index in [1.165, 1.54) is 11.8 Å². The number of rotatable bonds is 1. The fourth-order valence-electron chi connectivity index (χ4n) is 1.24. The molecular formula is C7H11NO4. The first-order valence-electron chi connectivity index (χ1n) is 3.65. The van der Waals surface area contributed by atoms with Gasteiger partial charge in [0.15, 0.2) is 6.04 Å². The highest BCUT2D eigenvalue weighted by atomic mass is 16.5. The molecule has 1 amide bonds. The maximum absolute atomic E-state index is 10.9. The van der Waals surface area contributed by atoms with E-state index in [9.17, 15) is 9.59 Å². The van der Waals surface area contributed by atoms with E-state index in [1.807, 2.05) is 0 Å². The summed E-state index contributed by atoms with van der Waals surface area (Å²) in [6.45, 7) is 3.05. The molecule has 1 heterocycles. The maximum atomic E-state index is 10.9. The van der Waals surface area contributed by atoms with Crippen LogP contribution in [0, 0.1) is 0 Å². The Balaban J connectivity index is 2.77. The molecule has 1 N–H and O–H groups in total. The minimum atomic E-state index is -1.02. The summed E-state index contributed by atoms with van der Waals surface area (Å²) in [5.74, 6) is -1.29. The molecule has 0 aliphatic carbocycles. The average molecular weight is 173 g/mol. The summed E-state index contributed by atoms with van der Waals surface area (Å²) >= 11 is 0. The number of carbonyl (C=O) groups is 2. The number of nitrogens with zero attached hydrogens (tertiary/aromatic N) is 1. The van der Waals surface area contributed by atoms with Crippen molar-refractivity contribution in [2.75, 3.05) is 6.73 Å². The minimum absolute atomic E-state index is 0.0769. The second kappa shape index (κ2) is 3.10. The van der Waals surface area contributed by atoms with Gasteiger partial charge in [-0.2, -0.15) is 0 Å². The zero-order valence-corrected chi connectivity index (χ0v) is 6.98. The van der Waals surface area contributed by atoms with E-state index in [0.717, 1.165) is 0 Å². The number of ether oxygens (including phenoxy) is 1. The Hall–Kier alpha value is -1.10. The summed E-state index contributed by atoms with van der Waals surface area (Å²) in [7, 11) is 0. The van der Waals surface area contributed by atoms with Crippen LogP contribution in [0.25, 0.3) is 0 Å². The molecule has 0 radical (unpaired) electrons. The van der Waals surface area contributed by atoms with Crippen LogP contribution in [0.4, 0.5) is 0 Å². The van der Waals surface area contributed by atoms with E-state index < -0.39 is 18.1 Å². The summed E-state index contributed by atoms with van der Waals surface area (Å²) in [6, 6.07) is -0.831. The molecule has 1 unspecified atom stereocenters. The number of amides is 1. The molecule has 0 spiro atoms. The fraction of sp³-hybridized carbons (Fsp3) is 0.714. The molecule has 1 fully saturated rings. The van der Waals surface area contributed by atoms with Crippen molar-refractivity contribution in [3.63, 3.8) is 0 Å². The first-order valence-corrected chi connectivity index (χ1v) is 3.65. The normalized spacial score (nSPS) is 29.0. The largest absolute Gasteiger partial charge is 0.480 e. The third-order valence-corrected chi connectivity index (χ3v) is 1.91. The van der Waals surface area contributed by atoms with Crippen molar-refractivity contribution < 1.29 is 19.4 Å². The Morgan fingerprint density at radius 2 is 2.17 bits per heavy atom. The van der Waals surface area contributed by atoms with Gasteiger partial charge in [0.2, 0.25) is 5.91 Å². The molecule has 2 atom stereocenters. The molecule has 0 bridgehead atoms. The van der Waals surface area contributed by atoms with Crippen LogP contribution < -0.4 is 0 Å². The van der Waals surface area contributed by atoms with Gasteiger partial charge >= 0.3 is 5.97 Å². The third kappa shape index (κ3) is 1.40. The summed E-state index contributed by atoms with van der Waals surface area (Å²) < 4.78 is 5.02. The summed E-state index contributed by atoms with van der Waals surface area (Å²) in [5, 5.41) is 8.73. The van der Waals surface area contributed by atoms with Crippen LogP contribution in [0.15, 0.2) is 0 Å². The van der Waals surface area contributed by atoms with Gasteiger partial charge in [0.1, 0.15) is 6.73 Å². The molecule has 68 valence electrons. The van der Waals surface area contributed by atoms with Crippen molar-refractivity contribution in [2.45, 2.75) is 26.0 Å². The van der Waals surface area contributed by atoms with Crippen LogP contribution in [0.1, 0.15) is 13.8 Å². The van der Waals surface area contributed by atoms with Crippen molar-refractivity contribution in [3.8, 4) is 0 Å². The third-order valence-electron chi connectivity index (χ3n) is 1.91. The van der Waals surface area contributed by atoms with Gasteiger partial charge in [-0.3, -0.25) is 4.79 Å². The zero-order valence-electron chi connectivity index (χ0n) is 6.98. The summed E-state index contributed by atoms with van der Waals surface area (Å²) in [5.41, 5.74) is 0. The molecule has 5 heteroatoms. The van der Waals surface area contributed by atoms with Crippen LogP contribution in [0.5, 0.6) is 0 Å². The lowest BCUT2D eigenvalue weighted by Gasteiger charge is -2.18. The van der Waals surface area contributed by atoms with Crippen molar-refractivity contribution in [1.82, 2.24) is 4.90 Å². The lowest BCUT2D eigenvalue weighted by Crippen LogP contribution is -2.43. The predicted molar refractivity (Wildman–Crippen MR) is 39.4 cm³/mol. The SMILES string of the molecule is CC(=O)N1CO[C@@H](C)C1C(=O)O. The highest BCUT2D eigenvalue weighted by Gasteiger charge is 2.39. The molecule has 1 saturated heterocycles. The van der Waals surface area contributed by atoms with Gasteiger partial charge in [0.25, 0.3) is 0 Å². The van der Waals surface area contributed by atoms with Crippen LogP contribution in [-0.4, -0.2) is 40.8 Å². The number of aliphatic carboxylic acids is 1. The number of hydrogen-bond acceptors (Lipinski definition) is 3. The van der Waals surface area contributed by atoms with Crippen LogP contribution in [-0.2, 0) is 14.3 Å². The quantitative estimate of drug-likeness (QED) is 0.589. The highest BCUT2D eigenvalue weighted by Crippen LogP contribution is 2.16. The topological polar surface area (TPSA) is 66.8 Å². The molecule has 1 aliphatic rings. The molecule has 0 aromatic carbocycles. The average Bonchev–Trinajstić information content (AvgIpc) is 2.30. The number of carboxylic acids is 1. The van der Waals surface area contributed by atoms with Gasteiger partial charge in [0, 0.05) is 6.92 Å². The van der Waals surface area contributed by atoms with Crippen LogP contribution >= 0.6 is 0 Å². The van der Waals surface area contributed by atoms with Gasteiger partial charge < -0.3 is 14.7 Å². The van der Waals surface area contributed by atoms with E-state index in [-0.39, 0.29) is 12.6 Å². The lowest BCUT2D eigenvalue weighted by atomic mass is 10.2. The minimum Gasteiger partial charge on any atom is -0.480 e. The number of hydrogen-bond donors (Lipinski definition) is 1. The van der Waals surface area contributed by atoms with Gasteiger partial charge in [-0.1, -0.05) is 0 Å². The monoisotopic (exact) mass is 173 g/mol. The molecule has 0 aromatic rings. The van der Waals surface area contributed by atoms with Gasteiger partial charge in [-0.25, -0.2) is 4.79 Å². The Morgan fingerprint density at radius 3 is 2.50 bits per heavy atom. The molecule has 0 aromatic heterocycles. The smallest absolute Gasteiger partial charge is 0.329 e. The second-order valence-electron chi connectivity index (χ2n) is 2.77. The molecule has 5 nitrogen and oxygen atoms in total. The van der Waals surface area contributed by atoms with Crippen molar-refractivity contribution in [3.05, 3.63) is 0 Å². The van der Waals surface area contributed by atoms with Gasteiger partial charge in [-0.15, -0.1) is 0 Å². The molecular weight excluding hydrogens is 162 g/mol. The van der Waals surface area contributed by atoms with E-state index in [2.05, 4.69) is 0 Å².